The summed E-state index contributed by atoms with van der Waals surface area (Å²) in [6.45, 7) is 1.60. The molecule has 0 aromatic heterocycles. The van der Waals surface area contributed by atoms with Gasteiger partial charge in [-0.3, -0.25) is 4.79 Å². The summed E-state index contributed by atoms with van der Waals surface area (Å²) in [6.07, 6.45) is -1.82. The average Bonchev–Trinajstić information content (AvgIpc) is 2.35. The van der Waals surface area contributed by atoms with Crippen LogP contribution in [0.5, 0.6) is 0 Å². The van der Waals surface area contributed by atoms with Crippen molar-refractivity contribution in [1.29, 1.82) is 5.26 Å². The standard InChI is InChI=1S/C12H10BrNO4/c1-6(13)10(15)7-3-2-4-8(9(7)5-14)11(16)12(17)18/h2-4,6,11,16H,1H3,(H,17,18). The molecule has 5 nitrogen and oxygen atoms in total. The molecule has 0 saturated heterocycles. The Kier molecular flexibility index (Phi) is 4.59. The highest BCUT2D eigenvalue weighted by Crippen LogP contribution is 2.23. The van der Waals surface area contributed by atoms with Crippen LogP contribution in [0.4, 0.5) is 0 Å². The van der Waals surface area contributed by atoms with Gasteiger partial charge in [0.1, 0.15) is 6.07 Å². The second-order valence-electron chi connectivity index (χ2n) is 3.60. The number of carbonyl (C=O) groups is 2. The quantitative estimate of drug-likeness (QED) is 0.650. The molecule has 18 heavy (non-hydrogen) atoms. The lowest BCUT2D eigenvalue weighted by Crippen LogP contribution is -2.17. The highest BCUT2D eigenvalue weighted by molar-refractivity contribution is 9.10. The monoisotopic (exact) mass is 311 g/mol. The van der Waals surface area contributed by atoms with E-state index in [0.717, 1.165) is 0 Å². The first kappa shape index (κ1) is 14.4. The highest BCUT2D eigenvalue weighted by Gasteiger charge is 2.24. The molecular weight excluding hydrogens is 302 g/mol. The first-order valence-corrected chi connectivity index (χ1v) is 5.93. The van der Waals surface area contributed by atoms with E-state index in [2.05, 4.69) is 15.9 Å². The van der Waals surface area contributed by atoms with E-state index in [0.29, 0.717) is 0 Å². The number of benzene rings is 1. The van der Waals surface area contributed by atoms with Crippen LogP contribution in [0.15, 0.2) is 18.2 Å². The number of hydrogen-bond donors (Lipinski definition) is 2. The smallest absolute Gasteiger partial charge is 0.337 e. The molecule has 0 saturated carbocycles. The zero-order chi connectivity index (χ0) is 13.9. The van der Waals surface area contributed by atoms with E-state index >= 15 is 0 Å². The maximum atomic E-state index is 11.8. The summed E-state index contributed by atoms with van der Waals surface area (Å²) in [5.41, 5.74) is -0.0904. The van der Waals surface area contributed by atoms with Gasteiger partial charge in [-0.25, -0.2) is 4.79 Å². The SMILES string of the molecule is CC(Br)C(=O)c1cccc(C(O)C(=O)O)c1C#N. The molecule has 2 atom stereocenters. The Labute approximate surface area is 112 Å². The molecule has 2 unspecified atom stereocenters. The van der Waals surface area contributed by atoms with E-state index in [-0.39, 0.29) is 22.5 Å². The van der Waals surface area contributed by atoms with Gasteiger partial charge in [-0.2, -0.15) is 5.26 Å². The van der Waals surface area contributed by atoms with Gasteiger partial charge in [0.25, 0.3) is 0 Å². The Bertz CT molecular complexity index is 533. The second-order valence-corrected chi connectivity index (χ2v) is 4.98. The van der Waals surface area contributed by atoms with Crippen LogP contribution in [0.2, 0.25) is 0 Å². The minimum atomic E-state index is -1.82. The molecule has 1 aromatic carbocycles. The third kappa shape index (κ3) is 2.75. The fraction of sp³-hybridized carbons (Fsp3) is 0.250. The van der Waals surface area contributed by atoms with Gasteiger partial charge in [-0.05, 0) is 6.92 Å². The molecule has 2 N–H and O–H groups in total. The normalized spacial score (nSPS) is 13.4. The van der Waals surface area contributed by atoms with Crippen molar-refractivity contribution in [2.45, 2.75) is 17.9 Å². The van der Waals surface area contributed by atoms with Gasteiger partial charge in [0, 0.05) is 11.1 Å². The van der Waals surface area contributed by atoms with Gasteiger partial charge in [0.2, 0.25) is 0 Å². The van der Waals surface area contributed by atoms with E-state index in [4.69, 9.17) is 10.4 Å². The lowest BCUT2D eigenvalue weighted by Gasteiger charge is -2.11. The van der Waals surface area contributed by atoms with Gasteiger partial charge in [-0.15, -0.1) is 0 Å². The Balaban J connectivity index is 3.41. The Morgan fingerprint density at radius 3 is 2.50 bits per heavy atom. The van der Waals surface area contributed by atoms with Gasteiger partial charge in [-0.1, -0.05) is 34.1 Å². The molecule has 0 radical (unpaired) electrons. The van der Waals surface area contributed by atoms with Crippen LogP contribution >= 0.6 is 15.9 Å². The summed E-state index contributed by atoms with van der Waals surface area (Å²) < 4.78 is 0. The fourth-order valence-corrected chi connectivity index (χ4v) is 1.72. The summed E-state index contributed by atoms with van der Waals surface area (Å²) in [5.74, 6) is -1.81. The minimum Gasteiger partial charge on any atom is -0.479 e. The molecule has 0 bridgehead atoms. The van der Waals surface area contributed by atoms with Crippen LogP contribution in [0.3, 0.4) is 0 Å². The van der Waals surface area contributed by atoms with Crippen LogP contribution in [0.1, 0.15) is 34.5 Å². The molecule has 0 aliphatic carbocycles. The average molecular weight is 312 g/mol. The fourth-order valence-electron chi connectivity index (χ4n) is 1.48. The summed E-state index contributed by atoms with van der Waals surface area (Å²) >= 11 is 3.09. The third-order valence-electron chi connectivity index (χ3n) is 2.36. The van der Waals surface area contributed by atoms with Crippen molar-refractivity contribution in [3.63, 3.8) is 0 Å². The number of alkyl halides is 1. The second kappa shape index (κ2) is 5.76. The number of halogens is 1. The number of carboxylic acid groups (broad SMARTS) is 1. The largest absolute Gasteiger partial charge is 0.479 e. The molecule has 0 spiro atoms. The van der Waals surface area contributed by atoms with Crippen LogP contribution < -0.4 is 0 Å². The summed E-state index contributed by atoms with van der Waals surface area (Å²) in [6, 6.07) is 5.95. The predicted molar refractivity (Wildman–Crippen MR) is 66.5 cm³/mol. The number of carboxylic acids is 1. The molecule has 94 valence electrons. The molecular formula is C12H10BrNO4. The molecule has 6 heteroatoms. The molecule has 1 rings (SSSR count). The molecule has 0 aliphatic rings. The van der Waals surface area contributed by atoms with Crippen LogP contribution in [-0.4, -0.2) is 26.8 Å². The third-order valence-corrected chi connectivity index (χ3v) is 2.78. The number of aliphatic hydroxyl groups excluding tert-OH is 1. The molecule has 0 heterocycles. The van der Waals surface area contributed by atoms with Crippen LogP contribution in [-0.2, 0) is 4.79 Å². The topological polar surface area (TPSA) is 98.4 Å². The Morgan fingerprint density at radius 2 is 2.06 bits per heavy atom. The van der Waals surface area contributed by atoms with E-state index < -0.39 is 16.9 Å². The van der Waals surface area contributed by atoms with Crippen LogP contribution in [0, 0.1) is 11.3 Å². The number of carbonyl (C=O) groups excluding carboxylic acids is 1. The lowest BCUT2D eigenvalue weighted by atomic mass is 9.95. The number of aliphatic hydroxyl groups is 1. The summed E-state index contributed by atoms with van der Waals surface area (Å²) in [4.78, 5) is 22.1. The first-order valence-electron chi connectivity index (χ1n) is 5.02. The molecule has 1 aromatic rings. The van der Waals surface area contributed by atoms with Crippen molar-refractivity contribution in [3.05, 3.63) is 34.9 Å². The highest BCUT2D eigenvalue weighted by atomic mass is 79.9. The van der Waals surface area contributed by atoms with Crippen molar-refractivity contribution in [3.8, 4) is 6.07 Å². The van der Waals surface area contributed by atoms with Crippen molar-refractivity contribution in [2.24, 2.45) is 0 Å². The minimum absolute atomic E-state index is 0.0796. The molecule has 0 fully saturated rings. The summed E-state index contributed by atoms with van der Waals surface area (Å²) in [7, 11) is 0. The van der Waals surface area contributed by atoms with Gasteiger partial charge < -0.3 is 10.2 Å². The van der Waals surface area contributed by atoms with Gasteiger partial charge >= 0.3 is 5.97 Å². The van der Waals surface area contributed by atoms with Crippen molar-refractivity contribution in [2.75, 3.05) is 0 Å². The van der Waals surface area contributed by atoms with E-state index in [1.165, 1.54) is 18.2 Å². The number of nitriles is 1. The molecule has 0 aliphatic heterocycles. The van der Waals surface area contributed by atoms with Gasteiger partial charge in [0.15, 0.2) is 11.9 Å². The van der Waals surface area contributed by atoms with E-state index in [1.54, 1.807) is 13.0 Å². The number of aliphatic carboxylic acids is 1. The van der Waals surface area contributed by atoms with Gasteiger partial charge in [0.05, 0.1) is 10.4 Å². The zero-order valence-corrected chi connectivity index (χ0v) is 11.0. The van der Waals surface area contributed by atoms with E-state index in [1.807, 2.05) is 0 Å². The van der Waals surface area contributed by atoms with Crippen LogP contribution in [0.25, 0.3) is 0 Å². The number of Topliss-reactive ketones (excluding diaryl/α,β-unsaturated/α-hetero) is 1. The van der Waals surface area contributed by atoms with Crippen molar-refractivity contribution in [1.82, 2.24) is 0 Å². The Morgan fingerprint density at radius 1 is 1.44 bits per heavy atom. The number of nitrogens with zero attached hydrogens (tertiary/aromatic N) is 1. The first-order chi connectivity index (χ1) is 8.40. The number of ketones is 1. The maximum absolute atomic E-state index is 11.8. The predicted octanol–water partition coefficient (Wildman–Crippen LogP) is 1.64. The molecule has 0 amide bonds. The van der Waals surface area contributed by atoms with Crippen molar-refractivity contribution >= 4 is 27.7 Å². The summed E-state index contributed by atoms with van der Waals surface area (Å²) in [5, 5.41) is 27.3. The maximum Gasteiger partial charge on any atom is 0.337 e. The number of hydrogen-bond acceptors (Lipinski definition) is 4. The number of rotatable bonds is 4. The zero-order valence-electron chi connectivity index (χ0n) is 9.42. The Hall–Kier alpha value is -1.71. The van der Waals surface area contributed by atoms with Crippen molar-refractivity contribution < 1.29 is 19.8 Å². The van der Waals surface area contributed by atoms with E-state index in [9.17, 15) is 14.7 Å². The lowest BCUT2D eigenvalue weighted by molar-refractivity contribution is -0.146.